The first-order valence-corrected chi connectivity index (χ1v) is 4.53. The first-order valence-electron chi connectivity index (χ1n) is 3.48. The summed E-state index contributed by atoms with van der Waals surface area (Å²) in [4.78, 5) is 10.0. The minimum absolute atomic E-state index is 0.139. The molecule has 1 saturated heterocycles. The number of nitrogens with one attached hydrogen (secondary N) is 2. The van der Waals surface area contributed by atoms with Gasteiger partial charge in [-0.1, -0.05) is 0 Å². The lowest BCUT2D eigenvalue weighted by atomic mass is 10.3. The van der Waals surface area contributed by atoms with Crippen LogP contribution in [0.2, 0.25) is 0 Å². The van der Waals surface area contributed by atoms with E-state index in [2.05, 4.69) is 10.6 Å². The molecule has 0 aromatic carbocycles. The molecule has 10 heavy (non-hydrogen) atoms. The molecule has 3 nitrogen and oxygen atoms in total. The molecule has 0 radical (unpaired) electrons. The maximum atomic E-state index is 10.0. The monoisotopic (exact) mass is 160 g/mol. The summed E-state index contributed by atoms with van der Waals surface area (Å²) in [7, 11) is 0. The predicted octanol–water partition coefficient (Wildman–Crippen LogP) is 0.133. The van der Waals surface area contributed by atoms with Crippen molar-refractivity contribution in [3.05, 3.63) is 0 Å². The molecule has 1 aliphatic rings. The van der Waals surface area contributed by atoms with Crippen LogP contribution in [0.15, 0.2) is 0 Å². The molecule has 1 unspecified atom stereocenters. The molecule has 2 N–H and O–H groups in total. The first-order chi connectivity index (χ1) is 4.93. The normalized spacial score (nSPS) is 27.0. The van der Waals surface area contributed by atoms with E-state index >= 15 is 0 Å². The predicted molar refractivity (Wildman–Crippen MR) is 42.7 cm³/mol. The molecule has 1 amide bonds. The molecule has 0 spiro atoms. The summed E-state index contributed by atoms with van der Waals surface area (Å²) in [5, 5.41) is 5.90. The molecule has 1 rings (SSSR count). The highest BCUT2D eigenvalue weighted by Gasteiger charge is 2.08. The molecule has 1 fully saturated rings. The summed E-state index contributed by atoms with van der Waals surface area (Å²) in [5.74, 6) is 1.14. The number of carbonyl (C=O) groups is 1. The lowest BCUT2D eigenvalue weighted by molar-refractivity contribution is -0.109. The van der Waals surface area contributed by atoms with Crippen LogP contribution in [0.4, 0.5) is 0 Å². The van der Waals surface area contributed by atoms with Crippen molar-refractivity contribution in [3.63, 3.8) is 0 Å². The SMILES string of the molecule is O=CNC1NCCCCS1. The summed E-state index contributed by atoms with van der Waals surface area (Å²) in [6.07, 6.45) is 3.20. The Hall–Kier alpha value is -0.220. The van der Waals surface area contributed by atoms with Gasteiger partial charge < -0.3 is 5.32 Å². The Balaban J connectivity index is 2.21. The van der Waals surface area contributed by atoms with Crippen LogP contribution in [0.1, 0.15) is 12.8 Å². The van der Waals surface area contributed by atoms with Crippen LogP contribution in [0.25, 0.3) is 0 Å². The third-order valence-corrected chi connectivity index (χ3v) is 2.57. The fourth-order valence-electron chi connectivity index (χ4n) is 0.889. The second-order valence-corrected chi connectivity index (χ2v) is 3.41. The smallest absolute Gasteiger partial charge is 0.208 e. The van der Waals surface area contributed by atoms with Crippen molar-refractivity contribution in [1.29, 1.82) is 0 Å². The van der Waals surface area contributed by atoms with Gasteiger partial charge in [0.1, 0.15) is 5.50 Å². The van der Waals surface area contributed by atoms with Gasteiger partial charge in [-0.15, -0.1) is 11.8 Å². The Labute approximate surface area is 64.9 Å². The van der Waals surface area contributed by atoms with Crippen molar-refractivity contribution >= 4 is 18.2 Å². The van der Waals surface area contributed by atoms with E-state index in [1.54, 1.807) is 11.8 Å². The lowest BCUT2D eigenvalue weighted by Crippen LogP contribution is -2.38. The third-order valence-electron chi connectivity index (χ3n) is 1.40. The standard InChI is InChI=1S/C6H12N2OS/c9-5-8-6-7-3-1-2-4-10-6/h5-7H,1-4H2,(H,8,9). The average Bonchev–Trinajstić information content (AvgIpc) is 2.17. The molecule has 0 saturated carbocycles. The Morgan fingerprint density at radius 1 is 1.60 bits per heavy atom. The van der Waals surface area contributed by atoms with Crippen molar-refractivity contribution in [2.45, 2.75) is 18.3 Å². The van der Waals surface area contributed by atoms with Crippen LogP contribution in [0.3, 0.4) is 0 Å². The third kappa shape index (κ3) is 2.58. The molecule has 4 heteroatoms. The van der Waals surface area contributed by atoms with Crippen molar-refractivity contribution in [3.8, 4) is 0 Å². The lowest BCUT2D eigenvalue weighted by Gasteiger charge is -2.12. The second-order valence-electron chi connectivity index (χ2n) is 2.20. The fraction of sp³-hybridized carbons (Fsp3) is 0.833. The minimum atomic E-state index is 0.139. The Morgan fingerprint density at radius 2 is 2.50 bits per heavy atom. The van der Waals surface area contributed by atoms with E-state index in [1.807, 2.05) is 0 Å². The van der Waals surface area contributed by atoms with Crippen molar-refractivity contribution < 1.29 is 4.79 Å². The highest BCUT2D eigenvalue weighted by molar-refractivity contribution is 7.99. The summed E-state index contributed by atoms with van der Waals surface area (Å²) < 4.78 is 0. The van der Waals surface area contributed by atoms with Crippen molar-refractivity contribution in [2.75, 3.05) is 12.3 Å². The van der Waals surface area contributed by atoms with Gasteiger partial charge in [0.2, 0.25) is 6.41 Å². The maximum Gasteiger partial charge on any atom is 0.208 e. The van der Waals surface area contributed by atoms with Crippen LogP contribution in [0.5, 0.6) is 0 Å². The van der Waals surface area contributed by atoms with Crippen molar-refractivity contribution in [2.24, 2.45) is 0 Å². The fourth-order valence-corrected chi connectivity index (χ4v) is 1.88. The molecule has 0 bridgehead atoms. The Bertz CT molecular complexity index is 102. The Morgan fingerprint density at radius 3 is 3.30 bits per heavy atom. The largest absolute Gasteiger partial charge is 0.334 e. The number of rotatable bonds is 2. The summed E-state index contributed by atoms with van der Waals surface area (Å²) >= 11 is 1.76. The van der Waals surface area contributed by atoms with Gasteiger partial charge in [0, 0.05) is 0 Å². The van der Waals surface area contributed by atoms with Gasteiger partial charge in [0.05, 0.1) is 0 Å². The molecule has 1 atom stereocenters. The first kappa shape index (κ1) is 7.88. The van der Waals surface area contributed by atoms with E-state index < -0.39 is 0 Å². The minimum Gasteiger partial charge on any atom is -0.334 e. The van der Waals surface area contributed by atoms with Crippen molar-refractivity contribution in [1.82, 2.24) is 10.6 Å². The van der Waals surface area contributed by atoms with Gasteiger partial charge in [-0.25, -0.2) is 0 Å². The number of thioether (sulfide) groups is 1. The molecular weight excluding hydrogens is 148 g/mol. The van der Waals surface area contributed by atoms with E-state index in [9.17, 15) is 4.79 Å². The number of hydrogen-bond donors (Lipinski definition) is 2. The number of amides is 1. The highest BCUT2D eigenvalue weighted by atomic mass is 32.2. The van der Waals surface area contributed by atoms with Gasteiger partial charge in [0.15, 0.2) is 0 Å². The quantitative estimate of drug-likeness (QED) is 0.564. The van der Waals surface area contributed by atoms with E-state index in [4.69, 9.17) is 0 Å². The molecule has 0 aromatic heterocycles. The van der Waals surface area contributed by atoms with E-state index in [1.165, 1.54) is 12.8 Å². The summed E-state index contributed by atoms with van der Waals surface area (Å²) in [6, 6.07) is 0. The average molecular weight is 160 g/mol. The maximum absolute atomic E-state index is 10.0. The highest BCUT2D eigenvalue weighted by Crippen LogP contribution is 2.11. The van der Waals surface area contributed by atoms with E-state index in [-0.39, 0.29) is 5.50 Å². The molecule has 58 valence electrons. The molecule has 1 heterocycles. The zero-order valence-electron chi connectivity index (χ0n) is 5.80. The number of hydrogen-bond acceptors (Lipinski definition) is 3. The number of carbonyl (C=O) groups excluding carboxylic acids is 1. The Kier molecular flexibility index (Phi) is 3.60. The van der Waals surface area contributed by atoms with Crippen LogP contribution in [-0.2, 0) is 4.79 Å². The molecule has 1 aliphatic heterocycles. The van der Waals surface area contributed by atoms with Gasteiger partial charge in [-0.05, 0) is 25.1 Å². The van der Waals surface area contributed by atoms with Crippen LogP contribution in [-0.4, -0.2) is 24.2 Å². The zero-order valence-corrected chi connectivity index (χ0v) is 6.62. The van der Waals surface area contributed by atoms with Gasteiger partial charge in [-0.3, -0.25) is 10.1 Å². The second kappa shape index (κ2) is 4.57. The van der Waals surface area contributed by atoms with Crippen LogP contribution in [0, 0.1) is 0 Å². The van der Waals surface area contributed by atoms with E-state index in [0.29, 0.717) is 0 Å². The molecular formula is C6H12N2OS. The van der Waals surface area contributed by atoms with Crippen LogP contribution >= 0.6 is 11.8 Å². The topological polar surface area (TPSA) is 41.1 Å². The summed E-state index contributed by atoms with van der Waals surface area (Å²) in [6.45, 7) is 1.01. The van der Waals surface area contributed by atoms with Gasteiger partial charge in [-0.2, -0.15) is 0 Å². The van der Waals surface area contributed by atoms with Gasteiger partial charge in [0.25, 0.3) is 0 Å². The van der Waals surface area contributed by atoms with E-state index in [0.717, 1.165) is 18.7 Å². The molecule has 0 aromatic rings. The zero-order chi connectivity index (χ0) is 7.23. The van der Waals surface area contributed by atoms with Crippen LogP contribution < -0.4 is 10.6 Å². The molecule has 0 aliphatic carbocycles. The summed E-state index contributed by atoms with van der Waals surface area (Å²) in [5.41, 5.74) is 0.139. The van der Waals surface area contributed by atoms with Gasteiger partial charge >= 0.3 is 0 Å².